The standard InChI is InChI=1S/C21H23N3O3S/c1-2-27-20(26)16-9-6-10-23(12-16)13-17-11-19(25)24-18(14-28-21(24)22-17)15-7-4-3-5-8-15/h3-5,7-8,11,14,16H,2,6,9-10,12-13H2,1H3. The highest BCUT2D eigenvalue weighted by atomic mass is 32.1. The van der Waals surface area contributed by atoms with Crippen LogP contribution >= 0.6 is 11.3 Å². The van der Waals surface area contributed by atoms with E-state index in [0.717, 1.165) is 36.3 Å². The van der Waals surface area contributed by atoms with Gasteiger partial charge in [-0.05, 0) is 31.9 Å². The zero-order chi connectivity index (χ0) is 19.5. The molecule has 0 aliphatic carbocycles. The molecular formula is C21H23N3O3S. The van der Waals surface area contributed by atoms with Crippen LogP contribution in [0.4, 0.5) is 0 Å². The summed E-state index contributed by atoms with van der Waals surface area (Å²) in [6, 6.07) is 11.5. The zero-order valence-corrected chi connectivity index (χ0v) is 16.7. The molecule has 1 atom stereocenters. The van der Waals surface area contributed by atoms with Crippen molar-refractivity contribution in [3.05, 3.63) is 57.8 Å². The first-order valence-electron chi connectivity index (χ1n) is 9.60. The molecule has 7 heteroatoms. The van der Waals surface area contributed by atoms with Gasteiger partial charge in [0.1, 0.15) is 0 Å². The van der Waals surface area contributed by atoms with Crippen LogP contribution in [0.1, 0.15) is 25.5 Å². The van der Waals surface area contributed by atoms with Crippen molar-refractivity contribution < 1.29 is 9.53 Å². The number of benzene rings is 1. The lowest BCUT2D eigenvalue weighted by atomic mass is 9.98. The number of carbonyl (C=O) groups excluding carboxylic acids is 1. The first-order chi connectivity index (χ1) is 13.7. The molecule has 1 aromatic carbocycles. The normalized spacial score (nSPS) is 17.7. The molecule has 0 N–H and O–H groups in total. The van der Waals surface area contributed by atoms with Gasteiger partial charge in [-0.2, -0.15) is 0 Å². The highest BCUT2D eigenvalue weighted by molar-refractivity contribution is 7.15. The molecule has 3 heterocycles. The topological polar surface area (TPSA) is 63.9 Å². The Morgan fingerprint density at radius 2 is 2.14 bits per heavy atom. The fourth-order valence-corrected chi connectivity index (χ4v) is 4.66. The Morgan fingerprint density at radius 3 is 2.93 bits per heavy atom. The molecule has 0 spiro atoms. The van der Waals surface area contributed by atoms with E-state index in [9.17, 15) is 9.59 Å². The molecule has 0 amide bonds. The maximum Gasteiger partial charge on any atom is 0.310 e. The molecule has 2 aromatic heterocycles. The van der Waals surface area contributed by atoms with Crippen molar-refractivity contribution in [2.75, 3.05) is 19.7 Å². The van der Waals surface area contributed by atoms with Crippen molar-refractivity contribution in [2.24, 2.45) is 5.92 Å². The van der Waals surface area contributed by atoms with Gasteiger partial charge in [0.15, 0.2) is 4.96 Å². The second-order valence-electron chi connectivity index (χ2n) is 7.02. The van der Waals surface area contributed by atoms with E-state index in [0.29, 0.717) is 24.7 Å². The molecular weight excluding hydrogens is 374 g/mol. The smallest absolute Gasteiger partial charge is 0.310 e. The predicted octanol–water partition coefficient (Wildman–Crippen LogP) is 3.20. The molecule has 1 fully saturated rings. The van der Waals surface area contributed by atoms with Gasteiger partial charge in [-0.15, -0.1) is 11.3 Å². The molecule has 0 saturated carbocycles. The fourth-order valence-electron chi connectivity index (χ4n) is 3.74. The summed E-state index contributed by atoms with van der Waals surface area (Å²) in [5.41, 5.74) is 2.54. The first kappa shape index (κ1) is 18.8. The third-order valence-electron chi connectivity index (χ3n) is 5.04. The monoisotopic (exact) mass is 397 g/mol. The average Bonchev–Trinajstić information content (AvgIpc) is 3.14. The van der Waals surface area contributed by atoms with E-state index in [1.54, 1.807) is 10.5 Å². The summed E-state index contributed by atoms with van der Waals surface area (Å²) in [6.07, 6.45) is 1.80. The Balaban J connectivity index is 1.56. The molecule has 1 aliphatic heterocycles. The molecule has 3 aromatic rings. The minimum absolute atomic E-state index is 0.0703. The number of ether oxygens (including phenoxy) is 1. The largest absolute Gasteiger partial charge is 0.466 e. The van der Waals surface area contributed by atoms with Gasteiger partial charge in [-0.1, -0.05) is 30.3 Å². The van der Waals surface area contributed by atoms with Crippen molar-refractivity contribution in [2.45, 2.75) is 26.3 Å². The highest BCUT2D eigenvalue weighted by Gasteiger charge is 2.27. The lowest BCUT2D eigenvalue weighted by molar-refractivity contribution is -0.150. The van der Waals surface area contributed by atoms with Crippen LogP contribution in [0.15, 0.2) is 46.6 Å². The first-order valence-corrected chi connectivity index (χ1v) is 10.5. The number of fused-ring (bicyclic) bond motifs is 1. The second-order valence-corrected chi connectivity index (χ2v) is 7.85. The van der Waals surface area contributed by atoms with Gasteiger partial charge < -0.3 is 4.74 Å². The molecule has 1 aliphatic rings. The third-order valence-corrected chi connectivity index (χ3v) is 5.86. The van der Waals surface area contributed by atoms with Gasteiger partial charge in [0.05, 0.1) is 23.9 Å². The van der Waals surface area contributed by atoms with Crippen molar-refractivity contribution in [1.82, 2.24) is 14.3 Å². The molecule has 4 rings (SSSR count). The van der Waals surface area contributed by atoms with Crippen LogP contribution < -0.4 is 5.56 Å². The van der Waals surface area contributed by atoms with E-state index in [-0.39, 0.29) is 17.4 Å². The van der Waals surface area contributed by atoms with Crippen molar-refractivity contribution in [3.63, 3.8) is 0 Å². The maximum absolute atomic E-state index is 12.8. The molecule has 28 heavy (non-hydrogen) atoms. The Labute approximate surface area is 167 Å². The number of aromatic nitrogens is 2. The molecule has 1 saturated heterocycles. The Hall–Kier alpha value is -2.51. The van der Waals surface area contributed by atoms with Crippen LogP contribution in [-0.4, -0.2) is 40.0 Å². The van der Waals surface area contributed by atoms with E-state index in [2.05, 4.69) is 4.90 Å². The number of hydrogen-bond donors (Lipinski definition) is 0. The van der Waals surface area contributed by atoms with E-state index >= 15 is 0 Å². The van der Waals surface area contributed by atoms with E-state index in [1.165, 1.54) is 11.3 Å². The summed E-state index contributed by atoms with van der Waals surface area (Å²) in [6.45, 7) is 4.36. The highest BCUT2D eigenvalue weighted by Crippen LogP contribution is 2.24. The molecule has 0 bridgehead atoms. The van der Waals surface area contributed by atoms with Gasteiger partial charge in [0.25, 0.3) is 5.56 Å². The number of piperidine rings is 1. The predicted molar refractivity (Wildman–Crippen MR) is 109 cm³/mol. The van der Waals surface area contributed by atoms with E-state index in [1.807, 2.05) is 42.6 Å². The fraction of sp³-hybridized carbons (Fsp3) is 0.381. The Bertz CT molecular complexity index is 1030. The minimum atomic E-state index is -0.124. The van der Waals surface area contributed by atoms with Gasteiger partial charge >= 0.3 is 5.97 Å². The van der Waals surface area contributed by atoms with Crippen LogP contribution in [0.2, 0.25) is 0 Å². The van der Waals surface area contributed by atoms with Crippen LogP contribution in [-0.2, 0) is 16.1 Å². The van der Waals surface area contributed by atoms with Gasteiger partial charge in [0.2, 0.25) is 0 Å². The van der Waals surface area contributed by atoms with Crippen LogP contribution in [0.5, 0.6) is 0 Å². The number of hydrogen-bond acceptors (Lipinski definition) is 6. The summed E-state index contributed by atoms with van der Waals surface area (Å²) in [5.74, 6) is -0.216. The lowest BCUT2D eigenvalue weighted by Crippen LogP contribution is -2.39. The number of likely N-dealkylation sites (tertiary alicyclic amines) is 1. The molecule has 6 nitrogen and oxygen atoms in total. The average molecular weight is 398 g/mol. The van der Waals surface area contributed by atoms with Crippen LogP contribution in [0, 0.1) is 5.92 Å². The van der Waals surface area contributed by atoms with E-state index in [4.69, 9.17) is 9.72 Å². The number of carbonyl (C=O) groups is 1. The number of rotatable bonds is 5. The summed E-state index contributed by atoms with van der Waals surface area (Å²) in [5, 5.41) is 1.97. The van der Waals surface area contributed by atoms with Gasteiger partial charge in [-0.3, -0.25) is 18.9 Å². The number of thiazole rings is 1. The Morgan fingerprint density at radius 1 is 1.32 bits per heavy atom. The van der Waals surface area contributed by atoms with Crippen LogP contribution in [0.3, 0.4) is 0 Å². The van der Waals surface area contributed by atoms with E-state index < -0.39 is 0 Å². The minimum Gasteiger partial charge on any atom is -0.466 e. The third kappa shape index (κ3) is 3.86. The SMILES string of the molecule is CCOC(=O)C1CCCN(Cc2cc(=O)n3c(-c4ccccc4)csc3n2)C1. The van der Waals surface area contributed by atoms with Gasteiger partial charge in [-0.25, -0.2) is 4.98 Å². The molecule has 1 unspecified atom stereocenters. The number of esters is 1. The summed E-state index contributed by atoms with van der Waals surface area (Å²) >= 11 is 1.47. The van der Waals surface area contributed by atoms with Crippen LogP contribution in [0.25, 0.3) is 16.2 Å². The van der Waals surface area contributed by atoms with Crippen molar-refractivity contribution >= 4 is 22.3 Å². The summed E-state index contributed by atoms with van der Waals surface area (Å²) in [7, 11) is 0. The molecule has 0 radical (unpaired) electrons. The quantitative estimate of drug-likeness (QED) is 0.619. The van der Waals surface area contributed by atoms with Gasteiger partial charge in [0, 0.05) is 24.5 Å². The summed E-state index contributed by atoms with van der Waals surface area (Å²) in [4.78, 5) is 32.4. The van der Waals surface area contributed by atoms with Crippen molar-refractivity contribution in [1.29, 1.82) is 0 Å². The van der Waals surface area contributed by atoms with Crippen molar-refractivity contribution in [3.8, 4) is 11.3 Å². The molecule has 146 valence electrons. The zero-order valence-electron chi connectivity index (χ0n) is 15.8. The second kappa shape index (κ2) is 8.24. The lowest BCUT2D eigenvalue weighted by Gasteiger charge is -2.31. The summed E-state index contributed by atoms with van der Waals surface area (Å²) < 4.78 is 6.84. The Kier molecular flexibility index (Phi) is 5.54. The number of nitrogens with zero attached hydrogens (tertiary/aromatic N) is 3. The maximum atomic E-state index is 12.8.